The first kappa shape index (κ1) is 24.5. The Morgan fingerprint density at radius 3 is 2.64 bits per heavy atom. The summed E-state index contributed by atoms with van der Waals surface area (Å²) in [5.41, 5.74) is 1.16. The minimum atomic E-state index is 0. The molecule has 0 aromatic heterocycles. The molecule has 1 aromatic rings. The Morgan fingerprint density at radius 2 is 2.00 bits per heavy atom. The third-order valence-corrected chi connectivity index (χ3v) is 4.76. The number of hydrogen-bond acceptors (Lipinski definition) is 4. The fraction of sp³-hybridized carbons (Fsp3) is 0.600. The molecule has 0 bridgehead atoms. The van der Waals surface area contributed by atoms with E-state index < -0.39 is 0 Å². The molecule has 8 heteroatoms. The highest BCUT2D eigenvalue weighted by atomic mass is 127. The molecule has 1 amide bonds. The Hall–Kier alpha value is -1.55. The molecule has 0 aliphatic carbocycles. The van der Waals surface area contributed by atoms with E-state index in [1.165, 1.54) is 0 Å². The second-order valence-corrected chi connectivity index (χ2v) is 6.83. The Balaban J connectivity index is 0.00000392. The molecule has 0 radical (unpaired) electrons. The topological polar surface area (TPSA) is 78.0 Å². The number of piperidine rings is 1. The summed E-state index contributed by atoms with van der Waals surface area (Å²) < 4.78 is 5.82. The molecule has 7 nitrogen and oxygen atoms in total. The van der Waals surface area contributed by atoms with Crippen molar-refractivity contribution in [2.75, 3.05) is 46.9 Å². The standard InChI is InChI=1S/C20H33N5O2.HI/c1-16-7-4-5-8-18(16)27-14-6-11-23-20(22-3)24-17-9-12-25(13-10-17)15-19(26)21-2;/h4-5,7-8,17H,6,9-15H2,1-3H3,(H,21,26)(H2,22,23,24);1H. The summed E-state index contributed by atoms with van der Waals surface area (Å²) in [4.78, 5) is 18.0. The zero-order valence-corrected chi connectivity index (χ0v) is 19.5. The first-order chi connectivity index (χ1) is 13.1. The number of likely N-dealkylation sites (tertiary alicyclic amines) is 1. The Morgan fingerprint density at radius 1 is 1.29 bits per heavy atom. The van der Waals surface area contributed by atoms with Crippen molar-refractivity contribution in [1.82, 2.24) is 20.9 Å². The van der Waals surface area contributed by atoms with Gasteiger partial charge < -0.3 is 20.7 Å². The fourth-order valence-electron chi connectivity index (χ4n) is 3.09. The van der Waals surface area contributed by atoms with Gasteiger partial charge in [-0.3, -0.25) is 14.7 Å². The maximum atomic E-state index is 11.5. The number of aryl methyl sites for hydroxylation is 1. The molecule has 1 saturated heterocycles. The highest BCUT2D eigenvalue weighted by Crippen LogP contribution is 2.16. The van der Waals surface area contributed by atoms with Crippen LogP contribution < -0.4 is 20.7 Å². The van der Waals surface area contributed by atoms with E-state index in [2.05, 4.69) is 38.8 Å². The lowest BCUT2D eigenvalue weighted by Crippen LogP contribution is -2.50. The van der Waals surface area contributed by atoms with Crippen molar-refractivity contribution in [3.63, 3.8) is 0 Å². The summed E-state index contributed by atoms with van der Waals surface area (Å²) in [6, 6.07) is 8.45. The van der Waals surface area contributed by atoms with Crippen molar-refractivity contribution >= 4 is 35.8 Å². The second-order valence-electron chi connectivity index (χ2n) is 6.83. The van der Waals surface area contributed by atoms with E-state index in [-0.39, 0.29) is 29.9 Å². The quantitative estimate of drug-likeness (QED) is 0.218. The number of aliphatic imine (C=N–C) groups is 1. The van der Waals surface area contributed by atoms with E-state index in [9.17, 15) is 4.79 Å². The van der Waals surface area contributed by atoms with Gasteiger partial charge in [0.2, 0.25) is 5.91 Å². The molecule has 1 heterocycles. The van der Waals surface area contributed by atoms with Gasteiger partial charge in [0, 0.05) is 39.8 Å². The summed E-state index contributed by atoms with van der Waals surface area (Å²) in [6.45, 7) is 5.86. The largest absolute Gasteiger partial charge is 0.493 e. The zero-order chi connectivity index (χ0) is 19.5. The summed E-state index contributed by atoms with van der Waals surface area (Å²) in [6.07, 6.45) is 2.92. The molecule has 2 rings (SSSR count). The highest BCUT2D eigenvalue weighted by molar-refractivity contribution is 14.0. The van der Waals surface area contributed by atoms with Gasteiger partial charge >= 0.3 is 0 Å². The van der Waals surface area contributed by atoms with Crippen molar-refractivity contribution < 1.29 is 9.53 Å². The number of carbonyl (C=O) groups is 1. The molecule has 158 valence electrons. The van der Waals surface area contributed by atoms with Crippen LogP contribution in [0.15, 0.2) is 29.3 Å². The number of nitrogens with one attached hydrogen (secondary N) is 3. The average Bonchev–Trinajstić information content (AvgIpc) is 2.69. The van der Waals surface area contributed by atoms with E-state index in [0.717, 1.165) is 56.2 Å². The number of benzene rings is 1. The Labute approximate surface area is 185 Å². The minimum Gasteiger partial charge on any atom is -0.493 e. The predicted octanol–water partition coefficient (Wildman–Crippen LogP) is 1.76. The van der Waals surface area contributed by atoms with E-state index in [4.69, 9.17) is 4.74 Å². The lowest BCUT2D eigenvalue weighted by atomic mass is 10.1. The van der Waals surface area contributed by atoms with Gasteiger partial charge in [-0.1, -0.05) is 18.2 Å². The highest BCUT2D eigenvalue weighted by Gasteiger charge is 2.21. The number of likely N-dealkylation sites (N-methyl/N-ethyl adjacent to an activating group) is 1. The number of amides is 1. The average molecular weight is 503 g/mol. The number of nitrogens with zero attached hydrogens (tertiary/aromatic N) is 2. The molecule has 1 fully saturated rings. The summed E-state index contributed by atoms with van der Waals surface area (Å²) in [5, 5.41) is 9.51. The van der Waals surface area contributed by atoms with Crippen molar-refractivity contribution in [3.05, 3.63) is 29.8 Å². The monoisotopic (exact) mass is 503 g/mol. The molecule has 0 unspecified atom stereocenters. The number of rotatable bonds is 8. The van der Waals surface area contributed by atoms with Gasteiger partial charge in [0.05, 0.1) is 13.2 Å². The van der Waals surface area contributed by atoms with Crippen LogP contribution in [0, 0.1) is 6.92 Å². The van der Waals surface area contributed by atoms with Crippen LogP contribution >= 0.6 is 24.0 Å². The molecular formula is C20H34IN5O2. The maximum absolute atomic E-state index is 11.5. The molecule has 1 aromatic carbocycles. The molecule has 0 atom stereocenters. The molecular weight excluding hydrogens is 469 g/mol. The first-order valence-electron chi connectivity index (χ1n) is 9.71. The third-order valence-electron chi connectivity index (χ3n) is 4.76. The van der Waals surface area contributed by atoms with Crippen LogP contribution in [0.4, 0.5) is 0 Å². The fourth-order valence-corrected chi connectivity index (χ4v) is 3.09. The molecule has 0 saturated carbocycles. The molecule has 28 heavy (non-hydrogen) atoms. The van der Waals surface area contributed by atoms with Crippen molar-refractivity contribution in [3.8, 4) is 5.75 Å². The summed E-state index contributed by atoms with van der Waals surface area (Å²) >= 11 is 0. The van der Waals surface area contributed by atoms with Gasteiger partial charge in [-0.05, 0) is 37.8 Å². The minimum absolute atomic E-state index is 0. The van der Waals surface area contributed by atoms with Crippen LogP contribution in [0.1, 0.15) is 24.8 Å². The van der Waals surface area contributed by atoms with Gasteiger partial charge in [-0.2, -0.15) is 0 Å². The van der Waals surface area contributed by atoms with Gasteiger partial charge in [-0.25, -0.2) is 0 Å². The predicted molar refractivity (Wildman–Crippen MR) is 125 cm³/mol. The lowest BCUT2D eigenvalue weighted by Gasteiger charge is -2.32. The number of guanidine groups is 1. The van der Waals surface area contributed by atoms with Crippen LogP contribution in [-0.4, -0.2) is 69.7 Å². The summed E-state index contributed by atoms with van der Waals surface area (Å²) in [5.74, 6) is 1.85. The van der Waals surface area contributed by atoms with E-state index in [1.807, 2.05) is 18.2 Å². The molecule has 0 spiro atoms. The number of hydrogen-bond donors (Lipinski definition) is 3. The summed E-state index contributed by atoms with van der Waals surface area (Å²) in [7, 11) is 3.47. The number of para-hydroxylation sites is 1. The molecule has 1 aliphatic rings. The van der Waals surface area contributed by atoms with Crippen molar-refractivity contribution in [1.29, 1.82) is 0 Å². The van der Waals surface area contributed by atoms with E-state index in [1.54, 1.807) is 14.1 Å². The van der Waals surface area contributed by atoms with Gasteiger partial charge in [-0.15, -0.1) is 24.0 Å². The normalized spacial score (nSPS) is 15.5. The SMILES string of the molecule is CN=C(NCCCOc1ccccc1C)NC1CCN(CC(=O)NC)CC1.I. The van der Waals surface area contributed by atoms with Crippen LogP contribution in [0.3, 0.4) is 0 Å². The lowest BCUT2D eigenvalue weighted by molar-refractivity contribution is -0.122. The van der Waals surface area contributed by atoms with Crippen LogP contribution in [0.2, 0.25) is 0 Å². The Kier molecular flexibility index (Phi) is 11.9. The van der Waals surface area contributed by atoms with Crippen molar-refractivity contribution in [2.24, 2.45) is 4.99 Å². The smallest absolute Gasteiger partial charge is 0.233 e. The van der Waals surface area contributed by atoms with E-state index >= 15 is 0 Å². The van der Waals surface area contributed by atoms with Gasteiger partial charge in [0.1, 0.15) is 5.75 Å². The van der Waals surface area contributed by atoms with Gasteiger partial charge in [0.25, 0.3) is 0 Å². The third kappa shape index (κ3) is 8.64. The number of ether oxygens (including phenoxy) is 1. The maximum Gasteiger partial charge on any atom is 0.233 e. The zero-order valence-electron chi connectivity index (χ0n) is 17.2. The van der Waals surface area contributed by atoms with E-state index in [0.29, 0.717) is 19.2 Å². The molecule has 3 N–H and O–H groups in total. The van der Waals surface area contributed by atoms with Crippen LogP contribution in [-0.2, 0) is 4.79 Å². The van der Waals surface area contributed by atoms with Crippen LogP contribution in [0.5, 0.6) is 5.75 Å². The first-order valence-corrected chi connectivity index (χ1v) is 9.71. The molecule has 1 aliphatic heterocycles. The van der Waals surface area contributed by atoms with Crippen LogP contribution in [0.25, 0.3) is 0 Å². The number of halogens is 1. The number of carbonyl (C=O) groups excluding carboxylic acids is 1. The van der Waals surface area contributed by atoms with Crippen molar-refractivity contribution in [2.45, 2.75) is 32.2 Å². The Bertz CT molecular complexity index is 618. The van der Waals surface area contributed by atoms with Gasteiger partial charge in [0.15, 0.2) is 5.96 Å². The second kappa shape index (κ2) is 13.6.